The number of aryl methyl sites for hydroxylation is 1. The highest BCUT2D eigenvalue weighted by Crippen LogP contribution is 2.22. The molecule has 0 amide bonds. The lowest BCUT2D eigenvalue weighted by molar-refractivity contribution is -0.0696. The summed E-state index contributed by atoms with van der Waals surface area (Å²) < 4.78 is 49.6. The Morgan fingerprint density at radius 1 is 0.900 bits per heavy atom. The fraction of sp³-hybridized carbons (Fsp3) is 0.125. The quantitative estimate of drug-likeness (QED) is 0.523. The van der Waals surface area contributed by atoms with Crippen LogP contribution >= 0.6 is 0 Å². The van der Waals surface area contributed by atoms with Crippen molar-refractivity contribution in [3.63, 3.8) is 0 Å². The van der Waals surface area contributed by atoms with Gasteiger partial charge in [0.2, 0.25) is 0 Å². The summed E-state index contributed by atoms with van der Waals surface area (Å²) in [5.74, 6) is 2.08. The van der Waals surface area contributed by atoms with E-state index in [-0.39, 0.29) is 5.56 Å². The molecule has 0 radical (unpaired) electrons. The zero-order chi connectivity index (χ0) is 14.8. The summed E-state index contributed by atoms with van der Waals surface area (Å²) in [5, 5.41) is 0. The Morgan fingerprint density at radius 3 is 2.05 bits per heavy atom. The second kappa shape index (κ2) is 5.38. The average molecular weight is 278 g/mol. The van der Waals surface area contributed by atoms with Gasteiger partial charge in [-0.3, -0.25) is 0 Å². The number of hydrogen-bond acceptors (Lipinski definition) is 0. The monoisotopic (exact) mass is 278 g/mol. The van der Waals surface area contributed by atoms with E-state index in [1.807, 2.05) is 31.2 Å². The van der Waals surface area contributed by atoms with Crippen molar-refractivity contribution in [2.24, 2.45) is 0 Å². The van der Waals surface area contributed by atoms with Gasteiger partial charge < -0.3 is 0 Å². The topological polar surface area (TPSA) is 0 Å². The van der Waals surface area contributed by atoms with Gasteiger partial charge in [0.1, 0.15) is 5.82 Å². The molecule has 0 heterocycles. The van der Waals surface area contributed by atoms with Gasteiger partial charge in [0.05, 0.1) is 5.56 Å². The molecule has 2 rings (SSSR count). The minimum Gasteiger partial charge on any atom is -0.206 e. The molecule has 0 spiro atoms. The van der Waals surface area contributed by atoms with Crippen molar-refractivity contribution in [2.75, 3.05) is 0 Å². The van der Waals surface area contributed by atoms with Gasteiger partial charge in [-0.2, -0.15) is 13.2 Å². The Balaban J connectivity index is 2.34. The highest BCUT2D eigenvalue weighted by molar-refractivity contribution is 5.65. The van der Waals surface area contributed by atoms with Gasteiger partial charge in [-0.25, -0.2) is 4.39 Å². The number of benzene rings is 2. The first-order chi connectivity index (χ1) is 9.35. The van der Waals surface area contributed by atoms with Crippen molar-refractivity contribution in [3.8, 4) is 23.0 Å². The van der Waals surface area contributed by atoms with Crippen LogP contribution in [0.1, 0.15) is 11.1 Å². The summed E-state index contributed by atoms with van der Waals surface area (Å²) in [6, 6.07) is 11.4. The Bertz CT molecular complexity index is 670. The zero-order valence-electron chi connectivity index (χ0n) is 10.6. The molecule has 4 heteroatoms. The van der Waals surface area contributed by atoms with E-state index in [0.29, 0.717) is 5.56 Å². The van der Waals surface area contributed by atoms with E-state index < -0.39 is 12.0 Å². The lowest BCUT2D eigenvalue weighted by atomic mass is 10.0. The van der Waals surface area contributed by atoms with Crippen LogP contribution in [0.4, 0.5) is 17.6 Å². The first kappa shape index (κ1) is 14.1. The van der Waals surface area contributed by atoms with Crippen molar-refractivity contribution >= 4 is 0 Å². The molecule has 0 fully saturated rings. The van der Waals surface area contributed by atoms with Gasteiger partial charge in [0, 0.05) is 5.92 Å². The van der Waals surface area contributed by atoms with Gasteiger partial charge in [-0.05, 0) is 30.2 Å². The molecular weight excluding hydrogens is 268 g/mol. The Kier molecular flexibility index (Phi) is 3.80. The molecule has 0 bridgehead atoms. The van der Waals surface area contributed by atoms with E-state index in [4.69, 9.17) is 0 Å². The molecular formula is C16H10F4. The van der Waals surface area contributed by atoms with Crippen LogP contribution in [0.3, 0.4) is 0 Å². The molecule has 2 aromatic carbocycles. The van der Waals surface area contributed by atoms with E-state index >= 15 is 0 Å². The third-order valence-electron chi connectivity index (χ3n) is 2.69. The lowest BCUT2D eigenvalue weighted by Crippen LogP contribution is -2.01. The fourth-order valence-corrected chi connectivity index (χ4v) is 1.68. The Labute approximate surface area is 114 Å². The molecule has 20 heavy (non-hydrogen) atoms. The minimum atomic E-state index is -4.62. The van der Waals surface area contributed by atoms with Gasteiger partial charge >= 0.3 is 6.18 Å². The maximum absolute atomic E-state index is 13.7. The zero-order valence-corrected chi connectivity index (χ0v) is 10.6. The van der Waals surface area contributed by atoms with E-state index in [9.17, 15) is 17.6 Å². The summed E-state index contributed by atoms with van der Waals surface area (Å²) in [7, 11) is 0. The molecule has 0 N–H and O–H groups in total. The molecule has 0 saturated heterocycles. The number of rotatable bonds is 1. The molecule has 0 aliphatic heterocycles. The van der Waals surface area contributed by atoms with Crippen LogP contribution < -0.4 is 0 Å². The smallest absolute Gasteiger partial charge is 0.206 e. The van der Waals surface area contributed by atoms with E-state index in [2.05, 4.69) is 0 Å². The maximum atomic E-state index is 13.7. The molecule has 0 aromatic heterocycles. The summed E-state index contributed by atoms with van der Waals surface area (Å²) in [4.78, 5) is 0. The number of halogens is 4. The maximum Gasteiger partial charge on any atom is 0.458 e. The van der Waals surface area contributed by atoms with Crippen molar-refractivity contribution < 1.29 is 17.6 Å². The largest absolute Gasteiger partial charge is 0.458 e. The van der Waals surface area contributed by atoms with Crippen LogP contribution in [0, 0.1) is 24.6 Å². The van der Waals surface area contributed by atoms with Crippen LogP contribution in [-0.4, -0.2) is 6.18 Å². The second-order valence-corrected chi connectivity index (χ2v) is 4.31. The first-order valence-electron chi connectivity index (χ1n) is 5.82. The highest BCUT2D eigenvalue weighted by atomic mass is 19.4. The normalized spacial score (nSPS) is 10.8. The highest BCUT2D eigenvalue weighted by Gasteiger charge is 2.23. The van der Waals surface area contributed by atoms with Crippen LogP contribution in [0.25, 0.3) is 11.1 Å². The van der Waals surface area contributed by atoms with Crippen molar-refractivity contribution in [3.05, 3.63) is 59.4 Å². The molecule has 0 aliphatic rings. The Hall–Kier alpha value is -2.28. The summed E-state index contributed by atoms with van der Waals surface area (Å²) in [5.41, 5.74) is 2.20. The minimum absolute atomic E-state index is 0.266. The standard InChI is InChI=1S/C16H10F4/c1-11-2-4-12(5-3-11)14-7-6-13(15(17)10-14)8-9-16(18,19)20/h2-7,10H,1H3. The van der Waals surface area contributed by atoms with Crippen LogP contribution in [0.2, 0.25) is 0 Å². The predicted molar refractivity (Wildman–Crippen MR) is 69.5 cm³/mol. The average Bonchev–Trinajstić information content (AvgIpc) is 2.37. The van der Waals surface area contributed by atoms with Crippen molar-refractivity contribution in [2.45, 2.75) is 13.1 Å². The van der Waals surface area contributed by atoms with Crippen LogP contribution in [0.5, 0.6) is 0 Å². The molecule has 0 atom stereocenters. The Morgan fingerprint density at radius 2 is 1.50 bits per heavy atom. The molecule has 0 unspecified atom stereocenters. The number of alkyl halides is 3. The first-order valence-corrected chi connectivity index (χ1v) is 5.82. The van der Waals surface area contributed by atoms with E-state index in [1.54, 1.807) is 12.0 Å². The van der Waals surface area contributed by atoms with E-state index in [1.165, 1.54) is 12.1 Å². The van der Waals surface area contributed by atoms with Gasteiger partial charge in [0.15, 0.2) is 0 Å². The summed E-state index contributed by atoms with van der Waals surface area (Å²) in [6.07, 6.45) is -4.62. The van der Waals surface area contributed by atoms with Crippen molar-refractivity contribution in [1.82, 2.24) is 0 Å². The second-order valence-electron chi connectivity index (χ2n) is 4.31. The SMILES string of the molecule is Cc1ccc(-c2ccc(C#CC(F)(F)F)c(F)c2)cc1. The van der Waals surface area contributed by atoms with Crippen LogP contribution in [-0.2, 0) is 0 Å². The molecule has 0 aliphatic carbocycles. The van der Waals surface area contributed by atoms with Crippen LogP contribution in [0.15, 0.2) is 42.5 Å². The number of hydrogen-bond donors (Lipinski definition) is 0. The summed E-state index contributed by atoms with van der Waals surface area (Å²) in [6.45, 7) is 1.93. The molecule has 0 nitrogen and oxygen atoms in total. The molecule has 2 aromatic rings. The third-order valence-corrected chi connectivity index (χ3v) is 2.69. The van der Waals surface area contributed by atoms with Crippen molar-refractivity contribution in [1.29, 1.82) is 0 Å². The molecule has 102 valence electrons. The van der Waals surface area contributed by atoms with Gasteiger partial charge in [-0.1, -0.05) is 41.8 Å². The predicted octanol–water partition coefficient (Wildman–Crippen LogP) is 4.71. The fourth-order valence-electron chi connectivity index (χ4n) is 1.68. The van der Waals surface area contributed by atoms with Gasteiger partial charge in [-0.15, -0.1) is 0 Å². The lowest BCUT2D eigenvalue weighted by Gasteiger charge is -2.04. The third kappa shape index (κ3) is 3.61. The van der Waals surface area contributed by atoms with E-state index in [0.717, 1.165) is 17.0 Å². The summed E-state index contributed by atoms with van der Waals surface area (Å²) >= 11 is 0. The van der Waals surface area contributed by atoms with Gasteiger partial charge in [0.25, 0.3) is 0 Å². The molecule has 0 saturated carbocycles.